The molecular weight excluding hydrogens is 492 g/mol. The number of carbonyl (C=O) groups excluding carboxylic acids is 2. The minimum Gasteiger partial charge on any atom is -0.490 e. The fourth-order valence-corrected chi connectivity index (χ4v) is 4.53. The summed E-state index contributed by atoms with van der Waals surface area (Å²) in [6.45, 7) is 2.57. The SMILES string of the molecule is CNC(=O)c1ccc(Cn2cc(C(=O)Nc3ccc(-c4ccc(OC5CCN(C)CC5)cc4)cc3)nn2)cc1. The van der Waals surface area contributed by atoms with Crippen molar-refractivity contribution < 1.29 is 14.3 Å². The summed E-state index contributed by atoms with van der Waals surface area (Å²) in [6, 6.07) is 23.0. The van der Waals surface area contributed by atoms with Crippen molar-refractivity contribution in [2.24, 2.45) is 0 Å². The maximum Gasteiger partial charge on any atom is 0.277 e. The molecule has 0 saturated carbocycles. The lowest BCUT2D eigenvalue weighted by Gasteiger charge is -2.29. The molecule has 1 aromatic heterocycles. The number of piperidine rings is 1. The normalized spacial score (nSPS) is 14.1. The lowest BCUT2D eigenvalue weighted by atomic mass is 10.0. The first-order chi connectivity index (χ1) is 19.0. The third-order valence-corrected chi connectivity index (χ3v) is 6.86. The summed E-state index contributed by atoms with van der Waals surface area (Å²) in [5.74, 6) is 0.422. The van der Waals surface area contributed by atoms with E-state index in [4.69, 9.17) is 4.74 Å². The maximum atomic E-state index is 12.7. The van der Waals surface area contributed by atoms with E-state index in [-0.39, 0.29) is 23.6 Å². The number of likely N-dealkylation sites (tertiary alicyclic amines) is 1. The smallest absolute Gasteiger partial charge is 0.277 e. The number of nitrogens with one attached hydrogen (secondary N) is 2. The Morgan fingerprint density at radius 2 is 1.54 bits per heavy atom. The van der Waals surface area contributed by atoms with E-state index in [0.717, 1.165) is 48.4 Å². The molecule has 5 rings (SSSR count). The van der Waals surface area contributed by atoms with Gasteiger partial charge in [-0.05, 0) is 73.0 Å². The van der Waals surface area contributed by atoms with Gasteiger partial charge in [0.1, 0.15) is 11.9 Å². The highest BCUT2D eigenvalue weighted by atomic mass is 16.5. The molecule has 9 heteroatoms. The van der Waals surface area contributed by atoms with Gasteiger partial charge in [0.25, 0.3) is 11.8 Å². The third-order valence-electron chi connectivity index (χ3n) is 6.86. The Morgan fingerprint density at radius 1 is 0.897 bits per heavy atom. The van der Waals surface area contributed by atoms with Gasteiger partial charge in [-0.3, -0.25) is 9.59 Å². The Hall–Kier alpha value is -4.50. The van der Waals surface area contributed by atoms with Gasteiger partial charge in [-0.1, -0.05) is 41.6 Å². The summed E-state index contributed by atoms with van der Waals surface area (Å²) >= 11 is 0. The quantitative estimate of drug-likeness (QED) is 0.360. The second-order valence-corrected chi connectivity index (χ2v) is 9.75. The molecule has 1 saturated heterocycles. The molecule has 200 valence electrons. The molecule has 2 amide bonds. The average Bonchev–Trinajstić information content (AvgIpc) is 3.44. The van der Waals surface area contributed by atoms with Gasteiger partial charge in [-0.2, -0.15) is 0 Å². The van der Waals surface area contributed by atoms with Crippen LogP contribution in [0.25, 0.3) is 11.1 Å². The molecule has 3 aromatic carbocycles. The molecule has 1 aliphatic heterocycles. The molecule has 4 aromatic rings. The molecule has 0 spiro atoms. The van der Waals surface area contributed by atoms with E-state index >= 15 is 0 Å². The molecule has 0 radical (unpaired) electrons. The Labute approximate surface area is 227 Å². The first-order valence-electron chi connectivity index (χ1n) is 13.0. The molecule has 2 N–H and O–H groups in total. The van der Waals surface area contributed by atoms with Crippen LogP contribution in [0.3, 0.4) is 0 Å². The number of rotatable bonds is 8. The second kappa shape index (κ2) is 11.9. The van der Waals surface area contributed by atoms with E-state index in [2.05, 4.69) is 45.0 Å². The van der Waals surface area contributed by atoms with Crippen molar-refractivity contribution in [3.63, 3.8) is 0 Å². The standard InChI is InChI=1S/C30H32N6O3/c1-31-29(37)24-5-3-21(4-6-24)19-36-20-28(33-34-36)30(38)32-25-11-7-22(8-12-25)23-9-13-26(14-10-23)39-27-15-17-35(2)18-16-27/h3-14,20,27H,15-19H2,1-2H3,(H,31,37)(H,32,38). The monoisotopic (exact) mass is 524 g/mol. The lowest BCUT2D eigenvalue weighted by molar-refractivity contribution is 0.0962. The highest BCUT2D eigenvalue weighted by Crippen LogP contribution is 2.26. The predicted octanol–water partition coefficient (Wildman–Crippen LogP) is 4.08. The van der Waals surface area contributed by atoms with Crippen LogP contribution in [0, 0.1) is 0 Å². The molecule has 0 bridgehead atoms. The molecular formula is C30H32N6O3. The number of ether oxygens (including phenoxy) is 1. The number of amides is 2. The van der Waals surface area contributed by atoms with Crippen molar-refractivity contribution in [2.45, 2.75) is 25.5 Å². The van der Waals surface area contributed by atoms with Gasteiger partial charge in [0.15, 0.2) is 5.69 Å². The lowest BCUT2D eigenvalue weighted by Crippen LogP contribution is -2.35. The van der Waals surface area contributed by atoms with E-state index < -0.39 is 0 Å². The van der Waals surface area contributed by atoms with Crippen LogP contribution in [0.15, 0.2) is 79.0 Å². The van der Waals surface area contributed by atoms with Gasteiger partial charge in [-0.25, -0.2) is 4.68 Å². The Kier molecular flexibility index (Phi) is 7.98. The first kappa shape index (κ1) is 26.1. The van der Waals surface area contributed by atoms with Gasteiger partial charge in [0, 0.05) is 31.4 Å². The first-order valence-corrected chi connectivity index (χ1v) is 13.0. The van der Waals surface area contributed by atoms with Crippen molar-refractivity contribution in [1.29, 1.82) is 0 Å². The number of hydrogen-bond donors (Lipinski definition) is 2. The van der Waals surface area contributed by atoms with Gasteiger partial charge in [0.2, 0.25) is 0 Å². The van der Waals surface area contributed by atoms with Gasteiger partial charge in [0.05, 0.1) is 12.7 Å². The summed E-state index contributed by atoms with van der Waals surface area (Å²) in [5.41, 5.74) is 4.55. The van der Waals surface area contributed by atoms with Crippen LogP contribution in [0.4, 0.5) is 5.69 Å². The zero-order valence-corrected chi connectivity index (χ0v) is 22.1. The van der Waals surface area contributed by atoms with Crippen molar-refractivity contribution in [2.75, 3.05) is 32.5 Å². The van der Waals surface area contributed by atoms with Crippen molar-refractivity contribution >= 4 is 17.5 Å². The fraction of sp³-hybridized carbons (Fsp3) is 0.267. The Balaban J connectivity index is 1.15. The molecule has 0 atom stereocenters. The molecule has 0 aliphatic carbocycles. The Morgan fingerprint density at radius 3 is 2.18 bits per heavy atom. The third kappa shape index (κ3) is 6.69. The number of carbonyl (C=O) groups is 2. The summed E-state index contributed by atoms with van der Waals surface area (Å²) in [6.07, 6.45) is 3.98. The highest BCUT2D eigenvalue weighted by Gasteiger charge is 2.18. The average molecular weight is 525 g/mol. The predicted molar refractivity (Wildman–Crippen MR) is 150 cm³/mol. The van der Waals surface area contributed by atoms with Crippen molar-refractivity contribution in [3.05, 3.63) is 95.8 Å². The molecule has 9 nitrogen and oxygen atoms in total. The Bertz CT molecular complexity index is 1410. The van der Waals surface area contributed by atoms with Crippen LogP contribution >= 0.6 is 0 Å². The summed E-state index contributed by atoms with van der Waals surface area (Å²) < 4.78 is 7.74. The minimum atomic E-state index is -0.334. The van der Waals surface area contributed by atoms with E-state index in [0.29, 0.717) is 17.8 Å². The molecule has 1 aliphatic rings. The van der Waals surface area contributed by atoms with Gasteiger partial charge in [-0.15, -0.1) is 5.10 Å². The largest absolute Gasteiger partial charge is 0.490 e. The summed E-state index contributed by atoms with van der Waals surface area (Å²) in [5, 5.41) is 13.5. The topological polar surface area (TPSA) is 101 Å². The number of anilines is 1. The van der Waals surface area contributed by atoms with Gasteiger partial charge >= 0.3 is 0 Å². The van der Waals surface area contributed by atoms with E-state index in [9.17, 15) is 9.59 Å². The summed E-state index contributed by atoms with van der Waals surface area (Å²) in [4.78, 5) is 26.7. The zero-order chi connectivity index (χ0) is 27.2. The number of benzene rings is 3. The molecule has 2 heterocycles. The van der Waals surface area contributed by atoms with E-state index in [1.807, 2.05) is 48.5 Å². The molecule has 39 heavy (non-hydrogen) atoms. The van der Waals surface area contributed by atoms with Crippen LogP contribution in [-0.4, -0.2) is 65.0 Å². The minimum absolute atomic E-state index is 0.139. The highest BCUT2D eigenvalue weighted by molar-refractivity contribution is 6.02. The van der Waals surface area contributed by atoms with Crippen LogP contribution in [0.2, 0.25) is 0 Å². The molecule has 0 unspecified atom stereocenters. The van der Waals surface area contributed by atoms with Crippen LogP contribution in [0.1, 0.15) is 39.3 Å². The maximum absolute atomic E-state index is 12.7. The van der Waals surface area contributed by atoms with Crippen LogP contribution in [-0.2, 0) is 6.54 Å². The van der Waals surface area contributed by atoms with Crippen LogP contribution < -0.4 is 15.4 Å². The van der Waals surface area contributed by atoms with Crippen LogP contribution in [0.5, 0.6) is 5.75 Å². The number of nitrogens with zero attached hydrogens (tertiary/aromatic N) is 4. The van der Waals surface area contributed by atoms with Crippen molar-refractivity contribution in [1.82, 2.24) is 25.2 Å². The molecule has 1 fully saturated rings. The second-order valence-electron chi connectivity index (χ2n) is 9.75. The zero-order valence-electron chi connectivity index (χ0n) is 22.1. The van der Waals surface area contributed by atoms with E-state index in [1.165, 1.54) is 0 Å². The van der Waals surface area contributed by atoms with Gasteiger partial charge < -0.3 is 20.3 Å². The number of aromatic nitrogens is 3. The van der Waals surface area contributed by atoms with E-state index in [1.54, 1.807) is 30.1 Å². The van der Waals surface area contributed by atoms with Crippen molar-refractivity contribution in [3.8, 4) is 16.9 Å². The number of hydrogen-bond acceptors (Lipinski definition) is 6. The fourth-order valence-electron chi connectivity index (χ4n) is 4.53. The summed E-state index contributed by atoms with van der Waals surface area (Å²) in [7, 11) is 3.74.